The van der Waals surface area contributed by atoms with E-state index in [4.69, 9.17) is 23.2 Å². The van der Waals surface area contributed by atoms with E-state index in [0.29, 0.717) is 16.1 Å². The summed E-state index contributed by atoms with van der Waals surface area (Å²) in [5, 5.41) is 4.89. The first-order chi connectivity index (χ1) is 8.18. The van der Waals surface area contributed by atoms with Crippen LogP contribution in [-0.4, -0.2) is 6.04 Å². The van der Waals surface area contributed by atoms with Gasteiger partial charge in [0.15, 0.2) is 0 Å². The Bertz CT molecular complexity index is 372. The zero-order chi connectivity index (χ0) is 12.3. The fraction of sp³-hybridized carbons (Fsp3) is 0.571. The first-order valence-electron chi connectivity index (χ1n) is 6.34. The summed E-state index contributed by atoms with van der Waals surface area (Å²) in [6.45, 7) is 3.07. The zero-order valence-corrected chi connectivity index (χ0v) is 11.7. The van der Waals surface area contributed by atoms with E-state index < -0.39 is 0 Å². The van der Waals surface area contributed by atoms with Crippen molar-refractivity contribution in [2.24, 2.45) is 5.92 Å². The largest absolute Gasteiger partial charge is 0.310 e. The van der Waals surface area contributed by atoms with E-state index in [0.717, 1.165) is 18.0 Å². The lowest BCUT2D eigenvalue weighted by Gasteiger charge is -2.20. The average Bonchev–Trinajstić information content (AvgIpc) is 2.84. The third-order valence-corrected chi connectivity index (χ3v) is 4.61. The molecule has 0 bridgehead atoms. The maximum atomic E-state index is 6.16. The minimum atomic E-state index is 0.563. The molecule has 0 unspecified atom stereocenters. The Morgan fingerprint density at radius 2 is 2.00 bits per heavy atom. The monoisotopic (exact) mass is 271 g/mol. The van der Waals surface area contributed by atoms with Crippen LogP contribution in [0.2, 0.25) is 10.0 Å². The van der Waals surface area contributed by atoms with Gasteiger partial charge in [-0.2, -0.15) is 0 Å². The molecule has 94 valence electrons. The van der Waals surface area contributed by atoms with Crippen LogP contribution in [0.25, 0.3) is 0 Å². The van der Waals surface area contributed by atoms with Gasteiger partial charge in [-0.1, -0.05) is 48.2 Å². The highest BCUT2D eigenvalue weighted by Crippen LogP contribution is 2.29. The van der Waals surface area contributed by atoms with Crippen molar-refractivity contribution in [3.05, 3.63) is 33.8 Å². The first kappa shape index (κ1) is 13.2. The van der Waals surface area contributed by atoms with Crippen molar-refractivity contribution in [1.29, 1.82) is 0 Å². The molecule has 1 fully saturated rings. The van der Waals surface area contributed by atoms with Gasteiger partial charge in [0.2, 0.25) is 0 Å². The van der Waals surface area contributed by atoms with Crippen LogP contribution >= 0.6 is 23.2 Å². The van der Waals surface area contributed by atoms with E-state index >= 15 is 0 Å². The zero-order valence-electron chi connectivity index (χ0n) is 10.2. The van der Waals surface area contributed by atoms with Gasteiger partial charge in [-0.25, -0.2) is 0 Å². The average molecular weight is 272 g/mol. The molecule has 1 nitrogen and oxygen atoms in total. The van der Waals surface area contributed by atoms with Crippen molar-refractivity contribution in [2.45, 2.75) is 45.2 Å². The van der Waals surface area contributed by atoms with Crippen LogP contribution in [0.5, 0.6) is 0 Å². The van der Waals surface area contributed by atoms with Crippen LogP contribution < -0.4 is 5.32 Å². The maximum absolute atomic E-state index is 6.16. The van der Waals surface area contributed by atoms with E-state index in [1.54, 1.807) is 0 Å². The summed E-state index contributed by atoms with van der Waals surface area (Å²) in [6.07, 6.45) is 5.48. The Balaban J connectivity index is 1.90. The summed E-state index contributed by atoms with van der Waals surface area (Å²) in [5.41, 5.74) is 1.09. The molecule has 1 aromatic carbocycles. The number of hydrogen-bond donors (Lipinski definition) is 1. The fourth-order valence-electron chi connectivity index (χ4n) is 2.58. The molecule has 0 saturated heterocycles. The van der Waals surface area contributed by atoms with Crippen LogP contribution in [0.4, 0.5) is 0 Å². The molecule has 1 aliphatic carbocycles. The van der Waals surface area contributed by atoms with Crippen molar-refractivity contribution in [3.63, 3.8) is 0 Å². The van der Waals surface area contributed by atoms with E-state index in [9.17, 15) is 0 Å². The summed E-state index contributed by atoms with van der Waals surface area (Å²) in [7, 11) is 0. The van der Waals surface area contributed by atoms with Crippen molar-refractivity contribution >= 4 is 23.2 Å². The summed E-state index contributed by atoms with van der Waals surface area (Å²) >= 11 is 12.2. The van der Waals surface area contributed by atoms with E-state index in [2.05, 4.69) is 12.2 Å². The summed E-state index contributed by atoms with van der Waals surface area (Å²) < 4.78 is 0. The van der Waals surface area contributed by atoms with E-state index in [1.165, 1.54) is 25.7 Å². The van der Waals surface area contributed by atoms with Gasteiger partial charge in [-0.3, -0.25) is 0 Å². The van der Waals surface area contributed by atoms with Crippen molar-refractivity contribution in [1.82, 2.24) is 5.32 Å². The molecule has 17 heavy (non-hydrogen) atoms. The van der Waals surface area contributed by atoms with Gasteiger partial charge in [0.05, 0.1) is 10.0 Å². The normalized spacial score (nSPS) is 18.5. The molecule has 0 radical (unpaired) electrons. The summed E-state index contributed by atoms with van der Waals surface area (Å²) in [4.78, 5) is 0. The number of hydrogen-bond acceptors (Lipinski definition) is 1. The van der Waals surface area contributed by atoms with Crippen molar-refractivity contribution < 1.29 is 0 Å². The number of halogens is 2. The lowest BCUT2D eigenvalue weighted by molar-refractivity contribution is 0.380. The topological polar surface area (TPSA) is 12.0 Å². The maximum Gasteiger partial charge on any atom is 0.0637 e. The Labute approximate surface area is 114 Å². The molecular weight excluding hydrogens is 253 g/mol. The molecule has 2 rings (SSSR count). The summed E-state index contributed by atoms with van der Waals surface area (Å²) in [5.74, 6) is 0.827. The molecule has 1 saturated carbocycles. The standard InChI is InChI=1S/C14H19Cl2N/c1-10(11-5-2-3-6-11)17-9-12-7-4-8-13(15)14(12)16/h4,7-8,10-11,17H,2-3,5-6,9H2,1H3/t10-/m0/s1. The van der Waals surface area contributed by atoms with Crippen LogP contribution in [0, 0.1) is 5.92 Å². The molecular formula is C14H19Cl2N. The molecule has 3 heteroatoms. The van der Waals surface area contributed by atoms with E-state index in [-0.39, 0.29) is 0 Å². The second-order valence-electron chi connectivity index (χ2n) is 4.93. The first-order valence-corrected chi connectivity index (χ1v) is 7.10. The molecule has 1 atom stereocenters. The third-order valence-electron chi connectivity index (χ3n) is 3.75. The van der Waals surface area contributed by atoms with Crippen LogP contribution in [0.3, 0.4) is 0 Å². The van der Waals surface area contributed by atoms with Crippen LogP contribution in [-0.2, 0) is 6.54 Å². The van der Waals surface area contributed by atoms with Gasteiger partial charge in [0.25, 0.3) is 0 Å². The highest BCUT2D eigenvalue weighted by Gasteiger charge is 2.21. The minimum Gasteiger partial charge on any atom is -0.310 e. The van der Waals surface area contributed by atoms with Gasteiger partial charge < -0.3 is 5.32 Å². The number of rotatable bonds is 4. The van der Waals surface area contributed by atoms with Crippen molar-refractivity contribution in [2.75, 3.05) is 0 Å². The Kier molecular flexibility index (Phi) is 4.72. The quantitative estimate of drug-likeness (QED) is 0.840. The molecule has 0 spiro atoms. The molecule has 1 aliphatic rings. The lowest BCUT2D eigenvalue weighted by Crippen LogP contribution is -2.31. The lowest BCUT2D eigenvalue weighted by atomic mass is 9.99. The number of benzene rings is 1. The number of nitrogens with one attached hydrogen (secondary N) is 1. The molecule has 0 aromatic heterocycles. The van der Waals surface area contributed by atoms with Gasteiger partial charge in [-0.05, 0) is 37.3 Å². The van der Waals surface area contributed by atoms with Gasteiger partial charge in [0.1, 0.15) is 0 Å². The fourth-order valence-corrected chi connectivity index (χ4v) is 2.97. The predicted octanol–water partition coefficient (Wildman–Crippen LogP) is 4.66. The van der Waals surface area contributed by atoms with Crippen LogP contribution in [0.1, 0.15) is 38.2 Å². The SMILES string of the molecule is C[C@H](NCc1cccc(Cl)c1Cl)C1CCCC1. The van der Waals surface area contributed by atoms with Gasteiger partial charge in [-0.15, -0.1) is 0 Å². The van der Waals surface area contributed by atoms with Crippen molar-refractivity contribution in [3.8, 4) is 0 Å². The molecule has 1 N–H and O–H groups in total. The Morgan fingerprint density at radius 1 is 1.29 bits per heavy atom. The Morgan fingerprint density at radius 3 is 2.71 bits per heavy atom. The second kappa shape index (κ2) is 6.08. The molecule has 0 aliphatic heterocycles. The third kappa shape index (κ3) is 3.37. The molecule has 0 amide bonds. The Hall–Kier alpha value is -0.240. The molecule has 0 heterocycles. The van der Waals surface area contributed by atoms with E-state index in [1.807, 2.05) is 18.2 Å². The minimum absolute atomic E-state index is 0.563. The highest BCUT2D eigenvalue weighted by molar-refractivity contribution is 6.42. The smallest absolute Gasteiger partial charge is 0.0637 e. The van der Waals surface area contributed by atoms with Crippen LogP contribution in [0.15, 0.2) is 18.2 Å². The predicted molar refractivity (Wildman–Crippen MR) is 74.7 cm³/mol. The summed E-state index contributed by atoms with van der Waals surface area (Å²) in [6, 6.07) is 6.37. The van der Waals surface area contributed by atoms with Gasteiger partial charge >= 0.3 is 0 Å². The second-order valence-corrected chi connectivity index (χ2v) is 5.71. The molecule has 1 aromatic rings. The van der Waals surface area contributed by atoms with Gasteiger partial charge in [0, 0.05) is 12.6 Å². The highest BCUT2D eigenvalue weighted by atomic mass is 35.5.